The second-order valence-corrected chi connectivity index (χ2v) is 4.35. The van der Waals surface area contributed by atoms with Crippen LogP contribution in [0, 0.1) is 6.92 Å². The maximum Gasteiger partial charge on any atom is 0.328 e. The van der Waals surface area contributed by atoms with E-state index >= 15 is 0 Å². The second-order valence-electron chi connectivity index (χ2n) is 4.35. The lowest BCUT2D eigenvalue weighted by Gasteiger charge is -2.09. The Kier molecular flexibility index (Phi) is 5.79. The number of hydrogen-bond donors (Lipinski definition) is 4. The number of aliphatic hydroxyl groups is 1. The molecule has 21 heavy (non-hydrogen) atoms. The summed E-state index contributed by atoms with van der Waals surface area (Å²) in [6.07, 6.45) is 1.97. The van der Waals surface area contributed by atoms with Crippen LogP contribution in [-0.2, 0) is 16.2 Å². The molecule has 1 atom stereocenters. The average Bonchev–Trinajstić information content (AvgIpc) is 2.42. The fourth-order valence-electron chi connectivity index (χ4n) is 1.61. The van der Waals surface area contributed by atoms with Crippen molar-refractivity contribution < 1.29 is 30.0 Å². The molecule has 0 aliphatic carbocycles. The van der Waals surface area contributed by atoms with E-state index in [0.29, 0.717) is 11.3 Å². The molecule has 1 heterocycles. The Bertz CT molecular complexity index is 570. The number of nitrogens with zero attached hydrogens (tertiary/aromatic N) is 2. The minimum atomic E-state index is -1.26. The van der Waals surface area contributed by atoms with E-state index < -0.39 is 24.6 Å². The van der Waals surface area contributed by atoms with Gasteiger partial charge in [-0.3, -0.25) is 14.8 Å². The van der Waals surface area contributed by atoms with E-state index in [0.717, 1.165) is 6.21 Å². The summed E-state index contributed by atoms with van der Waals surface area (Å²) < 4.78 is 0. The molecule has 0 spiro atoms. The number of aliphatic imine (C=N–C) groups is 1. The van der Waals surface area contributed by atoms with Gasteiger partial charge in [0.1, 0.15) is 11.8 Å². The first kappa shape index (κ1) is 16.6. The van der Waals surface area contributed by atoms with E-state index in [-0.39, 0.29) is 24.2 Å². The molecule has 1 rings (SSSR count). The molecule has 0 aliphatic rings. The highest BCUT2D eigenvalue weighted by Crippen LogP contribution is 2.22. The number of hydrogen-bond acceptors (Lipinski definition) is 6. The molecule has 1 aromatic heterocycles. The smallest absolute Gasteiger partial charge is 0.328 e. The van der Waals surface area contributed by atoms with Crippen molar-refractivity contribution in [1.82, 2.24) is 4.98 Å². The van der Waals surface area contributed by atoms with Gasteiger partial charge in [0.25, 0.3) is 0 Å². The molecule has 0 saturated carbocycles. The largest absolute Gasteiger partial charge is 0.505 e. The lowest BCUT2D eigenvalue weighted by molar-refractivity contribution is -0.139. The number of aryl methyl sites for hydroxylation is 1. The van der Waals surface area contributed by atoms with E-state index in [1.165, 1.54) is 6.20 Å². The van der Waals surface area contributed by atoms with Crippen LogP contribution in [-0.4, -0.2) is 49.6 Å². The molecule has 0 bridgehead atoms. The molecule has 0 fully saturated rings. The molecule has 0 amide bonds. The van der Waals surface area contributed by atoms with Gasteiger partial charge >= 0.3 is 11.9 Å². The highest BCUT2D eigenvalue weighted by molar-refractivity contribution is 5.88. The molecule has 8 heteroatoms. The van der Waals surface area contributed by atoms with Crippen molar-refractivity contribution in [2.45, 2.75) is 32.4 Å². The summed E-state index contributed by atoms with van der Waals surface area (Å²) >= 11 is 0. The van der Waals surface area contributed by atoms with Gasteiger partial charge in [-0.15, -0.1) is 0 Å². The maximum absolute atomic E-state index is 11.0. The standard InChI is InChI=1S/C13H16N2O6/c1-7-12(19)9(8(6-16)4-14-7)5-15-10(13(20)21)2-3-11(17)18/h4-5,10,16,19H,2-3,6H2,1H3,(H,17,18)(H,20,21)/t10-/m0/s1. The Morgan fingerprint density at radius 1 is 1.43 bits per heavy atom. The second kappa shape index (κ2) is 7.34. The third-order valence-corrected chi connectivity index (χ3v) is 2.83. The first-order valence-electron chi connectivity index (χ1n) is 6.12. The van der Waals surface area contributed by atoms with Crippen molar-refractivity contribution in [3.63, 3.8) is 0 Å². The van der Waals surface area contributed by atoms with E-state index in [1.54, 1.807) is 6.92 Å². The summed E-state index contributed by atoms with van der Waals surface area (Å²) in [4.78, 5) is 29.1. The van der Waals surface area contributed by atoms with Gasteiger partial charge in [-0.2, -0.15) is 0 Å². The zero-order valence-corrected chi connectivity index (χ0v) is 11.4. The summed E-state index contributed by atoms with van der Waals surface area (Å²) in [6.45, 7) is 1.15. The van der Waals surface area contributed by atoms with Crippen LogP contribution in [0.1, 0.15) is 29.7 Å². The van der Waals surface area contributed by atoms with Crippen LogP contribution in [0.15, 0.2) is 11.2 Å². The zero-order valence-electron chi connectivity index (χ0n) is 11.4. The number of carbonyl (C=O) groups is 2. The Morgan fingerprint density at radius 2 is 2.10 bits per heavy atom. The summed E-state index contributed by atoms with van der Waals surface area (Å²) in [7, 11) is 0. The first-order valence-corrected chi connectivity index (χ1v) is 6.12. The Balaban J connectivity index is 3.03. The Hall–Kier alpha value is -2.48. The number of rotatable bonds is 7. The molecule has 0 radical (unpaired) electrons. The normalized spacial score (nSPS) is 12.5. The van der Waals surface area contributed by atoms with Gasteiger partial charge in [0.05, 0.1) is 12.3 Å². The topological polar surface area (TPSA) is 140 Å². The molecule has 8 nitrogen and oxygen atoms in total. The SMILES string of the molecule is Cc1ncc(CO)c(C=N[C@@H](CCC(=O)O)C(=O)O)c1O. The molecule has 0 unspecified atom stereocenters. The summed E-state index contributed by atoms with van der Waals surface area (Å²) in [6, 6.07) is -1.24. The molecule has 0 saturated heterocycles. The molecule has 0 aliphatic heterocycles. The van der Waals surface area contributed by atoms with E-state index in [2.05, 4.69) is 9.98 Å². The highest BCUT2D eigenvalue weighted by atomic mass is 16.4. The van der Waals surface area contributed by atoms with Gasteiger partial charge in [0.15, 0.2) is 0 Å². The van der Waals surface area contributed by atoms with Crippen molar-refractivity contribution in [3.8, 4) is 5.75 Å². The van der Waals surface area contributed by atoms with Crippen LogP contribution in [0.3, 0.4) is 0 Å². The van der Waals surface area contributed by atoms with Crippen LogP contribution >= 0.6 is 0 Å². The summed E-state index contributed by atoms with van der Waals surface area (Å²) in [5.74, 6) is -2.58. The zero-order chi connectivity index (χ0) is 16.0. The van der Waals surface area contributed by atoms with Crippen molar-refractivity contribution in [3.05, 3.63) is 23.0 Å². The monoisotopic (exact) mass is 296 g/mol. The van der Waals surface area contributed by atoms with Crippen LogP contribution in [0.25, 0.3) is 0 Å². The van der Waals surface area contributed by atoms with E-state index in [1.807, 2.05) is 0 Å². The molecule has 1 aromatic rings. The van der Waals surface area contributed by atoms with Crippen LogP contribution in [0.5, 0.6) is 5.75 Å². The minimum Gasteiger partial charge on any atom is -0.505 e. The number of pyridine rings is 1. The number of aliphatic carboxylic acids is 2. The predicted octanol–water partition coefficient (Wildman–Crippen LogP) is 0.325. The number of carboxylic acid groups (broad SMARTS) is 2. The van der Waals surface area contributed by atoms with Crippen molar-refractivity contribution in [2.75, 3.05) is 0 Å². The third kappa shape index (κ3) is 4.53. The van der Waals surface area contributed by atoms with Gasteiger partial charge in [-0.1, -0.05) is 0 Å². The van der Waals surface area contributed by atoms with Gasteiger partial charge < -0.3 is 20.4 Å². The average molecular weight is 296 g/mol. The number of aromatic hydroxyl groups is 1. The molecular formula is C13H16N2O6. The fraction of sp³-hybridized carbons (Fsp3) is 0.385. The van der Waals surface area contributed by atoms with Gasteiger partial charge in [0.2, 0.25) is 0 Å². The molecule has 0 aromatic carbocycles. The van der Waals surface area contributed by atoms with Crippen LogP contribution in [0.2, 0.25) is 0 Å². The van der Waals surface area contributed by atoms with Crippen LogP contribution < -0.4 is 0 Å². The lowest BCUT2D eigenvalue weighted by atomic mass is 10.1. The van der Waals surface area contributed by atoms with Gasteiger partial charge in [0, 0.05) is 30.0 Å². The van der Waals surface area contributed by atoms with E-state index in [9.17, 15) is 19.8 Å². The quantitative estimate of drug-likeness (QED) is 0.531. The lowest BCUT2D eigenvalue weighted by Crippen LogP contribution is -2.19. The van der Waals surface area contributed by atoms with Crippen molar-refractivity contribution >= 4 is 18.2 Å². The molecule has 4 N–H and O–H groups in total. The van der Waals surface area contributed by atoms with Gasteiger partial charge in [-0.05, 0) is 13.3 Å². The van der Waals surface area contributed by atoms with Crippen molar-refractivity contribution in [2.24, 2.45) is 4.99 Å². The summed E-state index contributed by atoms with van der Waals surface area (Å²) in [5.41, 5.74) is 0.779. The van der Waals surface area contributed by atoms with E-state index in [4.69, 9.17) is 10.2 Å². The molecular weight excluding hydrogens is 280 g/mol. The minimum absolute atomic E-state index is 0.166. The highest BCUT2D eigenvalue weighted by Gasteiger charge is 2.17. The number of carboxylic acids is 2. The Morgan fingerprint density at radius 3 is 2.62 bits per heavy atom. The molecule has 114 valence electrons. The van der Waals surface area contributed by atoms with Crippen molar-refractivity contribution in [1.29, 1.82) is 0 Å². The first-order chi connectivity index (χ1) is 9.86. The predicted molar refractivity (Wildman–Crippen MR) is 72.4 cm³/mol. The number of aliphatic hydroxyl groups excluding tert-OH is 1. The maximum atomic E-state index is 11.0. The van der Waals surface area contributed by atoms with Crippen LogP contribution in [0.4, 0.5) is 0 Å². The third-order valence-electron chi connectivity index (χ3n) is 2.83. The fourth-order valence-corrected chi connectivity index (χ4v) is 1.61. The summed E-state index contributed by atoms with van der Waals surface area (Å²) in [5, 5.41) is 36.6. The number of aromatic nitrogens is 1. The Labute approximate surface area is 120 Å². The van der Waals surface area contributed by atoms with Gasteiger partial charge in [-0.25, -0.2) is 4.79 Å².